The molecular weight excluding hydrogens is 256 g/mol. The number of amides is 1. The fourth-order valence-electron chi connectivity index (χ4n) is 2.80. The first-order valence-electron chi connectivity index (χ1n) is 7.02. The van der Waals surface area contributed by atoms with Crippen molar-refractivity contribution in [3.8, 4) is 0 Å². The quantitative estimate of drug-likeness (QED) is 0.883. The van der Waals surface area contributed by atoms with Gasteiger partial charge in [-0.15, -0.1) is 0 Å². The molecule has 1 aliphatic rings. The van der Waals surface area contributed by atoms with Crippen molar-refractivity contribution in [2.75, 3.05) is 0 Å². The van der Waals surface area contributed by atoms with Gasteiger partial charge in [-0.05, 0) is 37.5 Å². The highest BCUT2D eigenvalue weighted by atomic mass is 16.4. The van der Waals surface area contributed by atoms with E-state index in [9.17, 15) is 14.7 Å². The average molecular weight is 276 g/mol. The molecule has 1 amide bonds. The van der Waals surface area contributed by atoms with Crippen LogP contribution in [0.3, 0.4) is 0 Å². The first-order chi connectivity index (χ1) is 9.59. The fraction of sp³-hybridized carbons (Fsp3) is 0.533. The van der Waals surface area contributed by atoms with E-state index in [2.05, 4.69) is 10.3 Å². The van der Waals surface area contributed by atoms with Gasteiger partial charge in [0.05, 0.1) is 17.9 Å². The van der Waals surface area contributed by atoms with Gasteiger partial charge >= 0.3 is 5.97 Å². The van der Waals surface area contributed by atoms with E-state index in [1.165, 1.54) is 0 Å². The monoisotopic (exact) mass is 276 g/mol. The molecule has 0 saturated heterocycles. The normalized spacial score (nSPS) is 23.9. The number of hydrogen-bond donors (Lipinski definition) is 2. The van der Waals surface area contributed by atoms with Gasteiger partial charge in [0, 0.05) is 12.4 Å². The summed E-state index contributed by atoms with van der Waals surface area (Å²) in [4.78, 5) is 27.5. The Bertz CT molecular complexity index is 475. The summed E-state index contributed by atoms with van der Waals surface area (Å²) < 4.78 is 0. The molecule has 0 radical (unpaired) electrons. The first-order valence-corrected chi connectivity index (χ1v) is 7.02. The average Bonchev–Trinajstić information content (AvgIpc) is 2.48. The largest absolute Gasteiger partial charge is 0.481 e. The van der Waals surface area contributed by atoms with Crippen molar-refractivity contribution < 1.29 is 14.7 Å². The molecule has 0 aromatic carbocycles. The Balaban J connectivity index is 2.01. The number of carboxylic acids is 1. The van der Waals surface area contributed by atoms with Crippen LogP contribution in [0.1, 0.15) is 44.2 Å². The zero-order valence-corrected chi connectivity index (χ0v) is 11.6. The Hall–Kier alpha value is -1.91. The highest BCUT2D eigenvalue weighted by Crippen LogP contribution is 2.31. The predicted octanol–water partition coefficient (Wildman–Crippen LogP) is 2.15. The lowest BCUT2D eigenvalue weighted by molar-refractivity contribution is -0.149. The maximum Gasteiger partial charge on any atom is 0.307 e. The van der Waals surface area contributed by atoms with Gasteiger partial charge < -0.3 is 10.4 Å². The van der Waals surface area contributed by atoms with E-state index in [0.29, 0.717) is 12.8 Å². The van der Waals surface area contributed by atoms with Gasteiger partial charge in [-0.2, -0.15) is 0 Å². The van der Waals surface area contributed by atoms with Gasteiger partial charge in [0.1, 0.15) is 0 Å². The first kappa shape index (κ1) is 14.5. The molecule has 2 rings (SSSR count). The van der Waals surface area contributed by atoms with Crippen molar-refractivity contribution in [3.63, 3.8) is 0 Å². The second kappa shape index (κ2) is 6.50. The molecule has 0 unspecified atom stereocenters. The van der Waals surface area contributed by atoms with Crippen LogP contribution < -0.4 is 5.32 Å². The second-order valence-electron chi connectivity index (χ2n) is 5.35. The SMILES string of the molecule is C[C@H](NC(=O)[C@@H]1CCCC[C@@H]1C(=O)O)c1ccncc1. The van der Waals surface area contributed by atoms with Crippen molar-refractivity contribution >= 4 is 11.9 Å². The lowest BCUT2D eigenvalue weighted by Gasteiger charge is -2.28. The van der Waals surface area contributed by atoms with E-state index >= 15 is 0 Å². The van der Waals surface area contributed by atoms with E-state index in [1.807, 2.05) is 19.1 Å². The second-order valence-corrected chi connectivity index (χ2v) is 5.35. The molecule has 0 aliphatic heterocycles. The van der Waals surface area contributed by atoms with Crippen LogP contribution in [0.15, 0.2) is 24.5 Å². The summed E-state index contributed by atoms with van der Waals surface area (Å²) >= 11 is 0. The smallest absolute Gasteiger partial charge is 0.307 e. The minimum atomic E-state index is -0.860. The minimum absolute atomic E-state index is 0.137. The van der Waals surface area contributed by atoms with Crippen LogP contribution in [0.25, 0.3) is 0 Å². The summed E-state index contributed by atoms with van der Waals surface area (Å²) in [5.74, 6) is -1.97. The van der Waals surface area contributed by atoms with Crippen molar-refractivity contribution in [1.29, 1.82) is 0 Å². The van der Waals surface area contributed by atoms with Crippen molar-refractivity contribution in [2.45, 2.75) is 38.6 Å². The number of carboxylic acid groups (broad SMARTS) is 1. The summed E-state index contributed by atoms with van der Waals surface area (Å²) in [5, 5.41) is 12.1. The summed E-state index contributed by atoms with van der Waals surface area (Å²) in [7, 11) is 0. The Labute approximate surface area is 118 Å². The van der Waals surface area contributed by atoms with Crippen LogP contribution in [0.4, 0.5) is 0 Å². The number of aliphatic carboxylic acids is 1. The molecule has 3 atom stereocenters. The highest BCUT2D eigenvalue weighted by molar-refractivity contribution is 5.85. The summed E-state index contributed by atoms with van der Waals surface area (Å²) in [5.41, 5.74) is 0.969. The molecule has 20 heavy (non-hydrogen) atoms. The van der Waals surface area contributed by atoms with Crippen molar-refractivity contribution in [1.82, 2.24) is 10.3 Å². The third kappa shape index (κ3) is 3.35. The number of carbonyl (C=O) groups excluding carboxylic acids is 1. The Kier molecular flexibility index (Phi) is 4.71. The summed E-state index contributed by atoms with van der Waals surface area (Å²) in [6.45, 7) is 1.89. The number of nitrogens with zero attached hydrogens (tertiary/aromatic N) is 1. The highest BCUT2D eigenvalue weighted by Gasteiger charge is 2.36. The number of aromatic nitrogens is 1. The van der Waals surface area contributed by atoms with Gasteiger partial charge in [-0.3, -0.25) is 14.6 Å². The fourth-order valence-corrected chi connectivity index (χ4v) is 2.80. The van der Waals surface area contributed by atoms with Crippen LogP contribution in [-0.4, -0.2) is 22.0 Å². The predicted molar refractivity (Wildman–Crippen MR) is 73.9 cm³/mol. The summed E-state index contributed by atoms with van der Waals surface area (Å²) in [6.07, 6.45) is 6.42. The third-order valence-electron chi connectivity index (χ3n) is 3.98. The molecule has 2 N–H and O–H groups in total. The van der Waals surface area contributed by atoms with E-state index in [0.717, 1.165) is 18.4 Å². The molecule has 0 spiro atoms. The number of hydrogen-bond acceptors (Lipinski definition) is 3. The zero-order chi connectivity index (χ0) is 14.5. The topological polar surface area (TPSA) is 79.3 Å². The molecule has 5 heteroatoms. The van der Waals surface area contributed by atoms with E-state index in [4.69, 9.17) is 0 Å². The molecule has 0 bridgehead atoms. The molecular formula is C15H20N2O3. The van der Waals surface area contributed by atoms with Crippen LogP contribution in [0, 0.1) is 11.8 Å². The maximum absolute atomic E-state index is 12.3. The van der Waals surface area contributed by atoms with Crippen LogP contribution >= 0.6 is 0 Å². The zero-order valence-electron chi connectivity index (χ0n) is 11.6. The Morgan fingerprint density at radius 3 is 2.45 bits per heavy atom. The number of carbonyl (C=O) groups is 2. The molecule has 1 fully saturated rings. The minimum Gasteiger partial charge on any atom is -0.481 e. The molecule has 1 aliphatic carbocycles. The van der Waals surface area contributed by atoms with Gasteiger partial charge in [-0.1, -0.05) is 12.8 Å². The lowest BCUT2D eigenvalue weighted by Crippen LogP contribution is -2.40. The maximum atomic E-state index is 12.3. The Morgan fingerprint density at radius 1 is 1.25 bits per heavy atom. The van der Waals surface area contributed by atoms with Crippen LogP contribution in [0.5, 0.6) is 0 Å². The van der Waals surface area contributed by atoms with Gasteiger partial charge in [0.25, 0.3) is 0 Å². The van der Waals surface area contributed by atoms with Crippen LogP contribution in [0.2, 0.25) is 0 Å². The third-order valence-corrected chi connectivity index (χ3v) is 3.98. The molecule has 1 aromatic heterocycles. The van der Waals surface area contributed by atoms with E-state index < -0.39 is 17.8 Å². The number of nitrogens with one attached hydrogen (secondary N) is 1. The van der Waals surface area contributed by atoms with Crippen LogP contribution in [-0.2, 0) is 9.59 Å². The summed E-state index contributed by atoms with van der Waals surface area (Å²) in [6, 6.07) is 3.56. The van der Waals surface area contributed by atoms with Crippen molar-refractivity contribution in [2.24, 2.45) is 11.8 Å². The van der Waals surface area contributed by atoms with Gasteiger partial charge in [-0.25, -0.2) is 0 Å². The number of pyridine rings is 1. The van der Waals surface area contributed by atoms with E-state index in [-0.39, 0.29) is 11.9 Å². The molecule has 1 aromatic rings. The van der Waals surface area contributed by atoms with Crippen molar-refractivity contribution in [3.05, 3.63) is 30.1 Å². The molecule has 1 saturated carbocycles. The van der Waals surface area contributed by atoms with Gasteiger partial charge in [0.15, 0.2) is 0 Å². The lowest BCUT2D eigenvalue weighted by atomic mass is 9.78. The molecule has 108 valence electrons. The van der Waals surface area contributed by atoms with E-state index in [1.54, 1.807) is 12.4 Å². The standard InChI is InChI=1S/C15H20N2O3/c1-10(11-6-8-16-9-7-11)17-14(18)12-4-2-3-5-13(12)15(19)20/h6-10,12-13H,2-5H2,1H3,(H,17,18)(H,19,20)/t10-,12+,13-/m0/s1. The Morgan fingerprint density at radius 2 is 1.85 bits per heavy atom. The molecule has 1 heterocycles. The number of rotatable bonds is 4. The molecule has 5 nitrogen and oxygen atoms in total. The van der Waals surface area contributed by atoms with Gasteiger partial charge in [0.2, 0.25) is 5.91 Å².